The van der Waals surface area contributed by atoms with Crippen LogP contribution in [0.1, 0.15) is 159 Å². The van der Waals surface area contributed by atoms with E-state index in [9.17, 15) is 0 Å². The van der Waals surface area contributed by atoms with Crippen molar-refractivity contribution in [1.29, 1.82) is 0 Å². The maximum atomic E-state index is 2.67. The summed E-state index contributed by atoms with van der Waals surface area (Å²) in [6.45, 7) is 33.5. The summed E-state index contributed by atoms with van der Waals surface area (Å²) in [5.74, 6) is 0. The van der Waals surface area contributed by atoms with Crippen molar-refractivity contribution in [2.24, 2.45) is 0 Å². The molecule has 0 unspecified atom stereocenters. The Morgan fingerprint density at radius 1 is 0.519 bits per heavy atom. The van der Waals surface area contributed by atoms with Gasteiger partial charge in [0, 0.05) is 45.0 Å². The van der Waals surface area contributed by atoms with Crippen LogP contribution in [0.4, 0.5) is 34.1 Å². The van der Waals surface area contributed by atoms with Crippen molar-refractivity contribution in [3.8, 4) is 22.3 Å². The van der Waals surface area contributed by atoms with E-state index >= 15 is 0 Å². The maximum absolute atomic E-state index is 2.67. The van der Waals surface area contributed by atoms with Gasteiger partial charge >= 0.3 is 0 Å². The van der Waals surface area contributed by atoms with E-state index in [1.165, 1.54) is 146 Å². The molecule has 0 bridgehead atoms. The average Bonchev–Trinajstić information content (AvgIpc) is 4.01. The number of nitrogens with zero attached hydrogens (tertiary/aromatic N) is 2. The van der Waals surface area contributed by atoms with Crippen LogP contribution >= 0.6 is 0 Å². The summed E-state index contributed by atoms with van der Waals surface area (Å²) in [6.07, 6.45) is 5.74. The molecule has 2 heterocycles. The molecule has 13 rings (SSSR count). The van der Waals surface area contributed by atoms with E-state index in [1.807, 2.05) is 0 Å². The Balaban J connectivity index is 1.02. The van der Waals surface area contributed by atoms with Gasteiger partial charge in [0.05, 0.1) is 0 Å². The number of allylic oxidation sites excluding steroid dienone is 4. The van der Waals surface area contributed by atoms with Gasteiger partial charge in [-0.05, 0) is 198 Å². The van der Waals surface area contributed by atoms with Crippen LogP contribution in [0.2, 0.25) is 0 Å². The lowest BCUT2D eigenvalue weighted by molar-refractivity contribution is 0.332. The summed E-state index contributed by atoms with van der Waals surface area (Å²) in [6, 6.07) is 61.9. The van der Waals surface area contributed by atoms with Crippen molar-refractivity contribution in [2.75, 3.05) is 9.80 Å². The molecule has 5 aliphatic rings. The Labute approximate surface area is 460 Å². The second-order valence-corrected chi connectivity index (χ2v) is 26.8. The van der Waals surface area contributed by atoms with E-state index in [4.69, 9.17) is 0 Å². The molecule has 384 valence electrons. The van der Waals surface area contributed by atoms with Gasteiger partial charge in [0.1, 0.15) is 0 Å². The number of hydrogen-bond acceptors (Lipinski definition) is 2. The van der Waals surface area contributed by atoms with Gasteiger partial charge in [-0.25, -0.2) is 0 Å². The molecule has 0 amide bonds. The smallest absolute Gasteiger partial charge is 0.252 e. The van der Waals surface area contributed by atoms with Crippen LogP contribution < -0.4 is 26.2 Å². The minimum atomic E-state index is -0.0592. The topological polar surface area (TPSA) is 6.48 Å². The van der Waals surface area contributed by atoms with E-state index in [-0.39, 0.29) is 33.8 Å². The molecule has 3 heteroatoms. The fraction of sp³-hybridized carbons (Fsp3) is 0.297. The third-order valence-corrected chi connectivity index (χ3v) is 19.4. The van der Waals surface area contributed by atoms with E-state index in [2.05, 4.69) is 271 Å². The lowest BCUT2D eigenvalue weighted by Gasteiger charge is -2.47. The predicted molar refractivity (Wildman–Crippen MR) is 333 cm³/mol. The van der Waals surface area contributed by atoms with Gasteiger partial charge < -0.3 is 9.80 Å². The molecule has 0 saturated heterocycles. The van der Waals surface area contributed by atoms with Crippen LogP contribution in [0.3, 0.4) is 0 Å². The summed E-state index contributed by atoms with van der Waals surface area (Å²) >= 11 is 0. The second-order valence-electron chi connectivity index (χ2n) is 26.8. The van der Waals surface area contributed by atoms with Gasteiger partial charge in [-0.2, -0.15) is 0 Å². The summed E-state index contributed by atoms with van der Waals surface area (Å²) in [7, 11) is 0. The van der Waals surface area contributed by atoms with E-state index in [1.54, 1.807) is 0 Å². The fourth-order valence-electron chi connectivity index (χ4n) is 14.7. The molecule has 8 aromatic rings. The largest absolute Gasteiger partial charge is 0.311 e. The van der Waals surface area contributed by atoms with Gasteiger partial charge in [0.15, 0.2) is 0 Å². The summed E-state index contributed by atoms with van der Waals surface area (Å²) in [5.41, 5.74) is 33.4. The monoisotopic (exact) mass is 1000 g/mol. The molecule has 3 aliphatic carbocycles. The third-order valence-electron chi connectivity index (χ3n) is 19.4. The Kier molecular flexibility index (Phi) is 10.9. The van der Waals surface area contributed by atoms with Crippen molar-refractivity contribution in [2.45, 2.75) is 143 Å². The number of benzene rings is 8. The SMILES string of the molecule is CC/C=C(\C1=C(C)C(C)(C)c2ccccc21)c1ccc(N2c3cc(C(C)(C)C)ccc3B3c4cc5c(cc4N(c4ccc(-c6cccc7c6-c6ccccc6C7(C)C)cc4)c4cc(C)cc2c43)C(C)(C)CCC5(C)C)cc1. The molecule has 0 N–H and O–H groups in total. The standard InChI is InChI=1S/C74H75BN2/c1-15-21-52(67-46(3)73(11,12)56-25-18-16-22-54(56)67)47-28-33-50(34-29-47)76-63-42-49(70(4,5)6)32-37-61(63)75-62-43-59-60(72(9,10)39-38-71(59,7)8)44-64(62)77(66-41-45(2)40-65(76)69(66)75)51-35-30-48(31-36-51)53-24-20-27-58-68(53)55-23-17-19-26-57(55)74(58,13)14/h16-37,40-44H,15,38-39H2,1-14H3/b52-21-. The molecule has 0 spiro atoms. The highest BCUT2D eigenvalue weighted by Gasteiger charge is 2.47. The van der Waals surface area contributed by atoms with Crippen molar-refractivity contribution < 1.29 is 0 Å². The molecule has 0 atom stereocenters. The van der Waals surface area contributed by atoms with Crippen molar-refractivity contribution in [3.63, 3.8) is 0 Å². The summed E-state index contributed by atoms with van der Waals surface area (Å²) < 4.78 is 0. The van der Waals surface area contributed by atoms with Crippen molar-refractivity contribution in [3.05, 3.63) is 219 Å². The fourth-order valence-corrected chi connectivity index (χ4v) is 14.7. The number of rotatable bonds is 6. The number of anilines is 6. The lowest BCUT2D eigenvalue weighted by atomic mass is 9.33. The lowest BCUT2D eigenvalue weighted by Crippen LogP contribution is -2.62. The van der Waals surface area contributed by atoms with Crippen LogP contribution in [0, 0.1) is 6.92 Å². The zero-order valence-electron chi connectivity index (χ0n) is 48.2. The van der Waals surface area contributed by atoms with Gasteiger partial charge in [-0.3, -0.25) is 0 Å². The number of hydrogen-bond donors (Lipinski definition) is 0. The third kappa shape index (κ3) is 7.28. The van der Waals surface area contributed by atoms with E-state index in [0.29, 0.717) is 0 Å². The Morgan fingerprint density at radius 3 is 1.69 bits per heavy atom. The van der Waals surface area contributed by atoms with Gasteiger partial charge in [0.25, 0.3) is 6.71 Å². The summed E-state index contributed by atoms with van der Waals surface area (Å²) in [4.78, 5) is 5.26. The van der Waals surface area contributed by atoms with Gasteiger partial charge in [-0.15, -0.1) is 0 Å². The average molecular weight is 1000 g/mol. The van der Waals surface area contributed by atoms with Gasteiger partial charge in [-0.1, -0.05) is 204 Å². The number of fused-ring (bicyclic) bond motifs is 9. The van der Waals surface area contributed by atoms with Crippen LogP contribution in [0.5, 0.6) is 0 Å². The normalized spacial score (nSPS) is 17.8. The minimum Gasteiger partial charge on any atom is -0.311 e. The van der Waals surface area contributed by atoms with E-state index in [0.717, 1.165) is 12.8 Å². The Morgan fingerprint density at radius 2 is 1.06 bits per heavy atom. The molecule has 0 saturated carbocycles. The van der Waals surface area contributed by atoms with Crippen LogP contribution in [-0.4, -0.2) is 6.71 Å². The first kappa shape index (κ1) is 49.5. The molecule has 77 heavy (non-hydrogen) atoms. The Hall–Kier alpha value is -7.10. The first-order chi connectivity index (χ1) is 36.6. The Bertz CT molecular complexity index is 3850. The van der Waals surface area contributed by atoms with Crippen LogP contribution in [0.15, 0.2) is 169 Å². The number of aryl methyl sites for hydroxylation is 1. The first-order valence-corrected chi connectivity index (χ1v) is 28.7. The minimum absolute atomic E-state index is 0.0339. The molecule has 2 nitrogen and oxygen atoms in total. The van der Waals surface area contributed by atoms with Crippen molar-refractivity contribution >= 4 is 68.4 Å². The zero-order valence-corrected chi connectivity index (χ0v) is 48.2. The molecular formula is C74H75BN2. The molecule has 0 aromatic heterocycles. The highest BCUT2D eigenvalue weighted by atomic mass is 15.2. The zero-order chi connectivity index (χ0) is 53.9. The maximum Gasteiger partial charge on any atom is 0.252 e. The molecule has 0 radical (unpaired) electrons. The summed E-state index contributed by atoms with van der Waals surface area (Å²) in [5, 5.41) is 0. The van der Waals surface area contributed by atoms with E-state index < -0.39 is 0 Å². The van der Waals surface area contributed by atoms with Crippen LogP contribution in [0.25, 0.3) is 33.4 Å². The molecule has 2 aliphatic heterocycles. The molecule has 8 aromatic carbocycles. The van der Waals surface area contributed by atoms with Crippen LogP contribution in [-0.2, 0) is 27.1 Å². The van der Waals surface area contributed by atoms with Gasteiger partial charge in [0.2, 0.25) is 0 Å². The molecular weight excluding hydrogens is 928 g/mol. The highest BCUT2D eigenvalue weighted by molar-refractivity contribution is 7.00. The molecule has 0 fully saturated rings. The first-order valence-electron chi connectivity index (χ1n) is 28.7. The van der Waals surface area contributed by atoms with Crippen molar-refractivity contribution in [1.82, 2.24) is 0 Å². The quantitative estimate of drug-likeness (QED) is 0.153. The predicted octanol–water partition coefficient (Wildman–Crippen LogP) is 18.3. The highest BCUT2D eigenvalue weighted by Crippen LogP contribution is 2.55. The second kappa shape index (κ2) is 17.0.